The third-order valence-corrected chi connectivity index (χ3v) is 5.15. The van der Waals surface area contributed by atoms with E-state index in [1.807, 2.05) is 30.3 Å². The van der Waals surface area contributed by atoms with Crippen LogP contribution in [-0.2, 0) is 11.2 Å². The second-order valence-electron chi connectivity index (χ2n) is 7.96. The topological polar surface area (TPSA) is 136 Å². The van der Waals surface area contributed by atoms with Gasteiger partial charge in [0.2, 0.25) is 5.91 Å². The average molecular weight is 449 g/mol. The molecule has 9 nitrogen and oxygen atoms in total. The number of quaternary nitrogens is 1. The summed E-state index contributed by atoms with van der Waals surface area (Å²) in [5, 5.41) is 5.69. The Morgan fingerprint density at radius 1 is 1.00 bits per heavy atom. The fourth-order valence-corrected chi connectivity index (χ4v) is 3.13. The standard InChI is InChI=1S/C21H30ClN7O2/c1-29(2,13-6-11-25-16(30)10-9-15-7-4-3-5-8-15)14-12-26-21(31)17-19(23)28-20(24)18(22)27-17/h3-5,7-8H,6,9-14H2,1-2H3,(H5-,23,24,25,26,28,30,31)/p+1. The van der Waals surface area contributed by atoms with Crippen molar-refractivity contribution in [2.24, 2.45) is 0 Å². The molecule has 10 heteroatoms. The number of anilines is 2. The number of halogens is 1. The lowest BCUT2D eigenvalue weighted by Crippen LogP contribution is -2.46. The Morgan fingerprint density at radius 3 is 2.42 bits per heavy atom. The van der Waals surface area contributed by atoms with Crippen molar-refractivity contribution in [1.82, 2.24) is 20.6 Å². The first-order valence-electron chi connectivity index (χ1n) is 10.2. The van der Waals surface area contributed by atoms with Crippen molar-refractivity contribution < 1.29 is 14.1 Å². The zero-order valence-corrected chi connectivity index (χ0v) is 18.8. The van der Waals surface area contributed by atoms with Crippen LogP contribution in [0.3, 0.4) is 0 Å². The molecule has 0 atom stereocenters. The first kappa shape index (κ1) is 24.4. The van der Waals surface area contributed by atoms with Crippen LogP contribution in [0.5, 0.6) is 0 Å². The maximum atomic E-state index is 12.3. The Labute approximate surface area is 187 Å². The van der Waals surface area contributed by atoms with Crippen molar-refractivity contribution in [2.75, 3.05) is 51.7 Å². The van der Waals surface area contributed by atoms with Gasteiger partial charge in [0.05, 0.1) is 33.7 Å². The summed E-state index contributed by atoms with van der Waals surface area (Å²) in [5.41, 5.74) is 12.3. The van der Waals surface area contributed by atoms with E-state index in [1.54, 1.807) is 0 Å². The number of aryl methyl sites for hydroxylation is 1. The molecule has 0 radical (unpaired) electrons. The lowest BCUT2D eigenvalue weighted by Gasteiger charge is -2.30. The molecule has 0 aliphatic carbocycles. The van der Waals surface area contributed by atoms with Crippen LogP contribution in [0.25, 0.3) is 0 Å². The second-order valence-corrected chi connectivity index (χ2v) is 8.32. The molecule has 6 N–H and O–H groups in total. The zero-order chi connectivity index (χ0) is 22.9. The summed E-state index contributed by atoms with van der Waals surface area (Å²) < 4.78 is 0.684. The van der Waals surface area contributed by atoms with E-state index < -0.39 is 5.91 Å². The first-order chi connectivity index (χ1) is 14.7. The van der Waals surface area contributed by atoms with Crippen LogP contribution >= 0.6 is 11.6 Å². The summed E-state index contributed by atoms with van der Waals surface area (Å²) in [5.74, 6) is -0.461. The van der Waals surface area contributed by atoms with Crippen LogP contribution < -0.4 is 22.1 Å². The molecule has 0 saturated heterocycles. The van der Waals surface area contributed by atoms with Gasteiger partial charge in [0, 0.05) is 19.4 Å². The van der Waals surface area contributed by atoms with Crippen LogP contribution in [-0.4, -0.2) is 66.5 Å². The molecule has 168 valence electrons. The molecule has 2 amide bonds. The largest absolute Gasteiger partial charge is 0.382 e. The van der Waals surface area contributed by atoms with E-state index in [-0.39, 0.29) is 28.4 Å². The lowest BCUT2D eigenvalue weighted by molar-refractivity contribution is -0.889. The molecular weight excluding hydrogens is 418 g/mol. The summed E-state index contributed by atoms with van der Waals surface area (Å²) in [6, 6.07) is 9.96. The molecular formula is C21H31ClN7O2+. The van der Waals surface area contributed by atoms with E-state index in [0.29, 0.717) is 30.5 Å². The highest BCUT2D eigenvalue weighted by molar-refractivity contribution is 6.31. The Morgan fingerprint density at radius 2 is 1.71 bits per heavy atom. The van der Waals surface area contributed by atoms with Gasteiger partial charge in [0.15, 0.2) is 22.5 Å². The van der Waals surface area contributed by atoms with E-state index in [1.165, 1.54) is 0 Å². The van der Waals surface area contributed by atoms with Crippen molar-refractivity contribution in [3.8, 4) is 0 Å². The van der Waals surface area contributed by atoms with Gasteiger partial charge < -0.3 is 26.6 Å². The van der Waals surface area contributed by atoms with Gasteiger partial charge in [-0.1, -0.05) is 41.9 Å². The lowest BCUT2D eigenvalue weighted by atomic mass is 10.1. The third-order valence-electron chi connectivity index (χ3n) is 4.87. The fourth-order valence-electron chi connectivity index (χ4n) is 3.00. The van der Waals surface area contributed by atoms with Gasteiger partial charge in [-0.3, -0.25) is 9.59 Å². The van der Waals surface area contributed by atoms with Crippen molar-refractivity contribution in [1.29, 1.82) is 0 Å². The number of nitrogens with two attached hydrogens (primary N) is 2. The summed E-state index contributed by atoms with van der Waals surface area (Å²) >= 11 is 5.81. The molecule has 31 heavy (non-hydrogen) atoms. The molecule has 0 unspecified atom stereocenters. The Bertz CT molecular complexity index is 891. The smallest absolute Gasteiger partial charge is 0.273 e. The Balaban J connectivity index is 1.64. The highest BCUT2D eigenvalue weighted by Gasteiger charge is 2.18. The molecule has 0 aliphatic rings. The predicted molar refractivity (Wildman–Crippen MR) is 122 cm³/mol. The number of nitrogens with zero attached hydrogens (tertiary/aromatic N) is 3. The van der Waals surface area contributed by atoms with E-state index in [9.17, 15) is 9.59 Å². The molecule has 1 heterocycles. The normalized spacial score (nSPS) is 11.2. The molecule has 0 saturated carbocycles. The molecule has 0 bridgehead atoms. The fraction of sp³-hybridized carbons (Fsp3) is 0.429. The highest BCUT2D eigenvalue weighted by Crippen LogP contribution is 2.17. The number of likely N-dealkylation sites (N-methyl/N-ethyl adjacent to an activating group) is 1. The molecule has 2 aromatic rings. The summed E-state index contributed by atoms with van der Waals surface area (Å²) in [7, 11) is 4.13. The van der Waals surface area contributed by atoms with Crippen LogP contribution in [0.4, 0.5) is 11.6 Å². The monoisotopic (exact) mass is 448 g/mol. The van der Waals surface area contributed by atoms with E-state index in [4.69, 9.17) is 23.1 Å². The number of hydrogen-bond acceptors (Lipinski definition) is 6. The number of amides is 2. The molecule has 0 aliphatic heterocycles. The van der Waals surface area contributed by atoms with Gasteiger partial charge in [0.1, 0.15) is 0 Å². The third kappa shape index (κ3) is 8.39. The molecule has 1 aromatic carbocycles. The number of nitrogens with one attached hydrogen (secondary N) is 2. The van der Waals surface area contributed by atoms with Crippen molar-refractivity contribution in [3.05, 3.63) is 46.7 Å². The number of hydrogen-bond donors (Lipinski definition) is 4. The summed E-state index contributed by atoms with van der Waals surface area (Å²) in [6.07, 6.45) is 2.06. The number of nitrogen functional groups attached to an aromatic ring is 2. The van der Waals surface area contributed by atoms with Crippen LogP contribution in [0, 0.1) is 0 Å². The predicted octanol–water partition coefficient (Wildman–Crippen LogP) is 1.24. The van der Waals surface area contributed by atoms with Gasteiger partial charge in [-0.2, -0.15) is 0 Å². The number of carbonyl (C=O) groups is 2. The van der Waals surface area contributed by atoms with Crippen molar-refractivity contribution >= 4 is 35.1 Å². The Hall–Kier alpha value is -2.91. The van der Waals surface area contributed by atoms with E-state index >= 15 is 0 Å². The van der Waals surface area contributed by atoms with E-state index in [2.05, 4.69) is 34.7 Å². The van der Waals surface area contributed by atoms with Crippen LogP contribution in [0.2, 0.25) is 5.15 Å². The van der Waals surface area contributed by atoms with Gasteiger partial charge in [-0.05, 0) is 12.0 Å². The van der Waals surface area contributed by atoms with Gasteiger partial charge in [-0.25, -0.2) is 9.97 Å². The second kappa shape index (κ2) is 11.5. The van der Waals surface area contributed by atoms with Crippen LogP contribution in [0.1, 0.15) is 28.9 Å². The van der Waals surface area contributed by atoms with Gasteiger partial charge in [-0.15, -0.1) is 0 Å². The number of aromatic nitrogens is 2. The number of rotatable bonds is 11. The molecule has 2 rings (SSSR count). The maximum Gasteiger partial charge on any atom is 0.273 e. The minimum atomic E-state index is -0.447. The Kier molecular flexibility index (Phi) is 9.02. The highest BCUT2D eigenvalue weighted by atomic mass is 35.5. The van der Waals surface area contributed by atoms with Gasteiger partial charge in [0.25, 0.3) is 5.91 Å². The molecule has 0 spiro atoms. The average Bonchev–Trinajstić information content (AvgIpc) is 2.73. The minimum absolute atomic E-state index is 0.0133. The zero-order valence-electron chi connectivity index (χ0n) is 18.0. The first-order valence-corrected chi connectivity index (χ1v) is 10.5. The molecule has 1 aromatic heterocycles. The van der Waals surface area contributed by atoms with Crippen LogP contribution in [0.15, 0.2) is 30.3 Å². The SMILES string of the molecule is C[N+](C)(CCCNC(=O)CCc1ccccc1)CCNC(=O)c1nc(Cl)c(N)nc1N. The van der Waals surface area contributed by atoms with E-state index in [0.717, 1.165) is 24.9 Å². The van der Waals surface area contributed by atoms with Crippen molar-refractivity contribution in [3.63, 3.8) is 0 Å². The quantitative estimate of drug-likeness (QED) is 0.301. The summed E-state index contributed by atoms with van der Waals surface area (Å²) in [6.45, 7) is 2.60. The minimum Gasteiger partial charge on any atom is -0.382 e. The molecule has 0 fully saturated rings. The number of benzene rings is 1. The van der Waals surface area contributed by atoms with Gasteiger partial charge >= 0.3 is 0 Å². The maximum absolute atomic E-state index is 12.3. The summed E-state index contributed by atoms with van der Waals surface area (Å²) in [4.78, 5) is 32.0. The number of carbonyl (C=O) groups excluding carboxylic acids is 2. The van der Waals surface area contributed by atoms with Crippen molar-refractivity contribution in [2.45, 2.75) is 19.3 Å².